The summed E-state index contributed by atoms with van der Waals surface area (Å²) in [6, 6.07) is 18.4. The molecule has 2 bridgehead atoms. The molecule has 1 aliphatic heterocycles. The van der Waals surface area contributed by atoms with Crippen molar-refractivity contribution in [2.75, 3.05) is 6.61 Å². The number of imide groups is 1. The van der Waals surface area contributed by atoms with Crippen LogP contribution < -0.4 is 4.74 Å². The Bertz CT molecular complexity index is 1750. The van der Waals surface area contributed by atoms with Crippen LogP contribution in [0.25, 0.3) is 0 Å². The number of ether oxygens (including phenoxy) is 2. The fourth-order valence-electron chi connectivity index (χ4n) is 7.31. The van der Waals surface area contributed by atoms with E-state index in [2.05, 4.69) is 12.2 Å². The summed E-state index contributed by atoms with van der Waals surface area (Å²) in [7, 11) is 0. The van der Waals surface area contributed by atoms with Crippen LogP contribution >= 0.6 is 0 Å². The maximum Gasteiger partial charge on any atom is 0.343 e. The Hall–Kier alpha value is -5.45. The zero-order valence-corrected chi connectivity index (χ0v) is 24.4. The number of Topliss-reactive ketones (excluding diaryl/α,β-unsaturated/α-hetero) is 1. The van der Waals surface area contributed by atoms with Gasteiger partial charge in [-0.3, -0.25) is 29.4 Å². The topological polar surface area (TPSA) is 150 Å². The Kier molecular flexibility index (Phi) is 7.31. The van der Waals surface area contributed by atoms with Gasteiger partial charge in [0.1, 0.15) is 11.8 Å². The van der Waals surface area contributed by atoms with Gasteiger partial charge in [-0.25, -0.2) is 9.59 Å². The monoisotopic (exact) mass is 620 g/mol. The quantitative estimate of drug-likeness (QED) is 0.0618. The normalized spacial score (nSPS) is 25.8. The molecule has 2 saturated carbocycles. The number of carbonyl (C=O) groups is 5. The molecule has 232 valence electrons. The number of esters is 2. The van der Waals surface area contributed by atoms with Crippen molar-refractivity contribution in [3.63, 3.8) is 0 Å². The predicted octanol–water partition coefficient (Wildman–Crippen LogP) is 4.20. The third-order valence-corrected chi connectivity index (χ3v) is 9.60. The van der Waals surface area contributed by atoms with Crippen LogP contribution in [0.15, 0.2) is 91.0 Å². The summed E-state index contributed by atoms with van der Waals surface area (Å²) in [6.45, 7) is -0.619. The van der Waals surface area contributed by atoms with Gasteiger partial charge in [0.25, 0.3) is 5.69 Å². The van der Waals surface area contributed by atoms with Crippen LogP contribution in [0.5, 0.6) is 5.75 Å². The van der Waals surface area contributed by atoms with Gasteiger partial charge in [0.05, 0.1) is 22.3 Å². The molecule has 0 aromatic heterocycles. The number of rotatable bonds is 10. The molecule has 4 aliphatic carbocycles. The summed E-state index contributed by atoms with van der Waals surface area (Å²) in [6.07, 6.45) is 5.23. The molecule has 0 spiro atoms. The second-order valence-corrected chi connectivity index (χ2v) is 12.2. The molecule has 7 atom stereocenters. The lowest BCUT2D eigenvalue weighted by atomic mass is 9.63. The number of nitro benzene ring substituents is 1. The summed E-state index contributed by atoms with van der Waals surface area (Å²) in [5.74, 6) is -2.74. The summed E-state index contributed by atoms with van der Waals surface area (Å²) >= 11 is 0. The highest BCUT2D eigenvalue weighted by atomic mass is 16.6. The largest absolute Gasteiger partial charge is 0.456 e. The number of non-ortho nitro benzene ring substituents is 1. The second-order valence-electron chi connectivity index (χ2n) is 12.2. The van der Waals surface area contributed by atoms with Crippen molar-refractivity contribution in [1.29, 1.82) is 0 Å². The van der Waals surface area contributed by atoms with E-state index in [0.717, 1.165) is 16.9 Å². The molecule has 11 heteroatoms. The molecule has 1 saturated heterocycles. The first-order valence-electron chi connectivity index (χ1n) is 15.1. The number of hydrogen-bond donors (Lipinski definition) is 0. The molecule has 8 rings (SSSR count). The average molecular weight is 621 g/mol. The average Bonchev–Trinajstić information content (AvgIpc) is 3.86. The highest BCUT2D eigenvalue weighted by Gasteiger charge is 2.68. The Morgan fingerprint density at radius 1 is 0.826 bits per heavy atom. The Balaban J connectivity index is 1.02. The first-order valence-corrected chi connectivity index (χ1v) is 15.1. The smallest absolute Gasteiger partial charge is 0.343 e. The van der Waals surface area contributed by atoms with Gasteiger partial charge in [-0.2, -0.15) is 0 Å². The maximum absolute atomic E-state index is 13.8. The van der Waals surface area contributed by atoms with Crippen molar-refractivity contribution < 1.29 is 38.4 Å². The van der Waals surface area contributed by atoms with Crippen LogP contribution in [0.3, 0.4) is 0 Å². The summed E-state index contributed by atoms with van der Waals surface area (Å²) in [5.41, 5.74) is 0.874. The van der Waals surface area contributed by atoms with E-state index in [1.165, 1.54) is 48.5 Å². The summed E-state index contributed by atoms with van der Waals surface area (Å²) in [4.78, 5) is 77.8. The van der Waals surface area contributed by atoms with Gasteiger partial charge in [-0.15, -0.1) is 0 Å². The molecule has 3 aromatic carbocycles. The number of allylic oxidation sites excluding steroid dienone is 2. The van der Waals surface area contributed by atoms with Gasteiger partial charge in [-0.1, -0.05) is 42.5 Å². The van der Waals surface area contributed by atoms with Crippen molar-refractivity contribution in [1.82, 2.24) is 4.90 Å². The van der Waals surface area contributed by atoms with E-state index in [1.54, 1.807) is 24.3 Å². The highest BCUT2D eigenvalue weighted by Crippen LogP contribution is 2.65. The summed E-state index contributed by atoms with van der Waals surface area (Å²) < 4.78 is 10.7. The van der Waals surface area contributed by atoms with Gasteiger partial charge in [0.15, 0.2) is 12.4 Å². The van der Waals surface area contributed by atoms with Gasteiger partial charge < -0.3 is 9.47 Å². The number of carbonyl (C=O) groups excluding carboxylic acids is 5. The van der Waals surface area contributed by atoms with E-state index < -0.39 is 47.1 Å². The van der Waals surface area contributed by atoms with Gasteiger partial charge in [-0.05, 0) is 72.1 Å². The zero-order valence-electron chi connectivity index (χ0n) is 24.4. The van der Waals surface area contributed by atoms with Crippen LogP contribution in [0.4, 0.5) is 5.69 Å². The SMILES string of the molecule is O=C(COC(=O)C(Cc1ccccc1)N1C(=O)C2C3C=CC(C4CC34)C2C1=O)c1ccc(OC(=O)c2ccc([N+](=O)[O-])cc2)cc1. The van der Waals surface area contributed by atoms with E-state index in [9.17, 15) is 34.1 Å². The molecule has 7 unspecified atom stereocenters. The molecule has 11 nitrogen and oxygen atoms in total. The lowest BCUT2D eigenvalue weighted by molar-refractivity contribution is -0.384. The first-order chi connectivity index (χ1) is 22.2. The fraction of sp³-hybridized carbons (Fsp3) is 0.286. The van der Waals surface area contributed by atoms with Crippen LogP contribution in [0.2, 0.25) is 0 Å². The Morgan fingerprint density at radius 2 is 1.41 bits per heavy atom. The van der Waals surface area contributed by atoms with Crippen LogP contribution in [-0.2, 0) is 25.5 Å². The van der Waals surface area contributed by atoms with Gasteiger partial charge in [0.2, 0.25) is 11.8 Å². The number of nitro groups is 1. The van der Waals surface area contributed by atoms with Crippen LogP contribution in [-0.4, -0.2) is 52.0 Å². The number of nitrogens with zero attached hydrogens (tertiary/aromatic N) is 2. The van der Waals surface area contributed by atoms with Gasteiger partial charge in [0, 0.05) is 24.1 Å². The molecular formula is C35H28N2O9. The predicted molar refractivity (Wildman–Crippen MR) is 160 cm³/mol. The van der Waals surface area contributed by atoms with Crippen molar-refractivity contribution in [3.05, 3.63) is 118 Å². The highest BCUT2D eigenvalue weighted by molar-refractivity contribution is 6.09. The number of likely N-dealkylation sites (tertiary alicyclic amines) is 1. The van der Waals surface area contributed by atoms with E-state index in [4.69, 9.17) is 9.47 Å². The molecular weight excluding hydrogens is 592 g/mol. The van der Waals surface area contributed by atoms with E-state index >= 15 is 0 Å². The molecule has 0 radical (unpaired) electrons. The molecule has 5 aliphatic rings. The second kappa shape index (κ2) is 11.5. The minimum atomic E-state index is -1.21. The van der Waals surface area contributed by atoms with Crippen molar-refractivity contribution in [2.45, 2.75) is 18.9 Å². The van der Waals surface area contributed by atoms with Gasteiger partial charge >= 0.3 is 11.9 Å². The molecule has 1 heterocycles. The molecule has 3 aromatic rings. The number of hydrogen-bond acceptors (Lipinski definition) is 9. The molecule has 0 N–H and O–H groups in total. The van der Waals surface area contributed by atoms with E-state index in [1.807, 2.05) is 6.07 Å². The van der Waals surface area contributed by atoms with E-state index in [0.29, 0.717) is 11.8 Å². The standard InChI is InChI=1S/C35H28N2O9/c38-29(20-8-12-23(13-9-20)46-34(41)21-6-10-22(11-7-21)37(43)44)18-45-35(42)28(16-19-4-2-1-3-5-19)36-32(39)30-24-14-15-25(27-17-26(24)27)31(30)33(36)40/h1-15,24-28,30-31H,16-18H2. The number of amides is 2. The lowest BCUT2D eigenvalue weighted by Crippen LogP contribution is -2.48. The van der Waals surface area contributed by atoms with Crippen molar-refractivity contribution in [2.24, 2.45) is 35.5 Å². The van der Waals surface area contributed by atoms with E-state index in [-0.39, 0.29) is 52.6 Å². The minimum Gasteiger partial charge on any atom is -0.456 e. The van der Waals surface area contributed by atoms with Crippen molar-refractivity contribution in [3.8, 4) is 5.75 Å². The van der Waals surface area contributed by atoms with Crippen LogP contribution in [0, 0.1) is 45.6 Å². The Labute approximate surface area is 262 Å². The third kappa shape index (κ3) is 5.17. The number of benzene rings is 3. The van der Waals surface area contributed by atoms with Crippen LogP contribution in [0.1, 0.15) is 32.7 Å². The first kappa shape index (κ1) is 29.3. The lowest BCUT2D eigenvalue weighted by Gasteiger charge is -2.37. The summed E-state index contributed by atoms with van der Waals surface area (Å²) in [5, 5.41) is 10.8. The third-order valence-electron chi connectivity index (χ3n) is 9.60. The molecule has 46 heavy (non-hydrogen) atoms. The fourth-order valence-corrected chi connectivity index (χ4v) is 7.31. The number of ketones is 1. The zero-order chi connectivity index (χ0) is 32.1. The minimum absolute atomic E-state index is 0.00723. The Morgan fingerprint density at radius 3 is 2.00 bits per heavy atom. The molecule has 2 amide bonds. The van der Waals surface area contributed by atoms with Crippen molar-refractivity contribution >= 4 is 35.2 Å². The molecule has 3 fully saturated rings. The maximum atomic E-state index is 13.8.